The number of nitrogens with one attached hydrogen (secondary N) is 2. The molecule has 0 unspecified atom stereocenters. The molecule has 0 spiro atoms. The minimum Gasteiger partial charge on any atom is -0.384 e. The summed E-state index contributed by atoms with van der Waals surface area (Å²) in [6.07, 6.45) is 0.364. The van der Waals surface area contributed by atoms with Crippen molar-refractivity contribution in [2.75, 3.05) is 11.9 Å². The number of benzene rings is 2. The van der Waals surface area contributed by atoms with Crippen LogP contribution >= 0.6 is 11.6 Å². The third kappa shape index (κ3) is 5.04. The maximum atomic E-state index is 12.8. The largest absolute Gasteiger partial charge is 0.384 e. The highest BCUT2D eigenvalue weighted by molar-refractivity contribution is 6.30. The average molecular weight is 321 g/mol. The van der Waals surface area contributed by atoms with Crippen molar-refractivity contribution < 1.29 is 9.18 Å². The van der Waals surface area contributed by atoms with Gasteiger partial charge in [0, 0.05) is 30.2 Å². The highest BCUT2D eigenvalue weighted by Crippen LogP contribution is 2.19. The van der Waals surface area contributed by atoms with E-state index in [-0.39, 0.29) is 11.7 Å². The zero-order valence-corrected chi connectivity index (χ0v) is 13.1. The fraction of sp³-hybridized carbons (Fsp3) is 0.235. The van der Waals surface area contributed by atoms with Crippen LogP contribution in [0.2, 0.25) is 5.02 Å². The molecule has 0 aliphatic rings. The third-order valence-corrected chi connectivity index (χ3v) is 3.49. The molecule has 22 heavy (non-hydrogen) atoms. The molecule has 0 heterocycles. The van der Waals surface area contributed by atoms with Crippen molar-refractivity contribution in [3.63, 3.8) is 0 Å². The van der Waals surface area contributed by atoms with Crippen LogP contribution in [0, 0.1) is 12.7 Å². The van der Waals surface area contributed by atoms with E-state index >= 15 is 0 Å². The maximum absolute atomic E-state index is 12.8. The molecule has 0 bridgehead atoms. The first-order valence-corrected chi connectivity index (χ1v) is 7.43. The van der Waals surface area contributed by atoms with Crippen LogP contribution in [0.4, 0.5) is 10.1 Å². The van der Waals surface area contributed by atoms with E-state index in [1.54, 1.807) is 12.1 Å². The molecule has 3 nitrogen and oxygen atoms in total. The van der Waals surface area contributed by atoms with Crippen molar-refractivity contribution in [1.82, 2.24) is 5.32 Å². The van der Waals surface area contributed by atoms with Gasteiger partial charge < -0.3 is 10.6 Å². The Balaban J connectivity index is 1.72. The Kier molecular flexibility index (Phi) is 5.78. The monoisotopic (exact) mass is 320 g/mol. The summed E-state index contributed by atoms with van der Waals surface area (Å²) < 4.78 is 12.8. The van der Waals surface area contributed by atoms with Crippen LogP contribution in [0.1, 0.15) is 17.5 Å². The summed E-state index contributed by atoms with van der Waals surface area (Å²) in [6.45, 7) is 2.90. The fourth-order valence-electron chi connectivity index (χ4n) is 2.03. The van der Waals surface area contributed by atoms with Crippen molar-refractivity contribution in [2.24, 2.45) is 0 Å². The fourth-order valence-corrected chi connectivity index (χ4v) is 2.25. The Morgan fingerprint density at radius 2 is 1.91 bits per heavy atom. The van der Waals surface area contributed by atoms with Crippen LogP contribution in [0.3, 0.4) is 0 Å². The smallest absolute Gasteiger partial charge is 0.222 e. The van der Waals surface area contributed by atoms with Gasteiger partial charge in [0.2, 0.25) is 5.91 Å². The Bertz CT molecular complexity index is 644. The van der Waals surface area contributed by atoms with E-state index in [1.807, 2.05) is 25.1 Å². The molecule has 0 aliphatic heterocycles. The summed E-state index contributed by atoms with van der Waals surface area (Å²) in [5.41, 5.74) is 2.88. The second-order valence-corrected chi connectivity index (χ2v) is 5.48. The number of hydrogen-bond acceptors (Lipinski definition) is 2. The van der Waals surface area contributed by atoms with E-state index in [0.29, 0.717) is 24.5 Å². The molecule has 0 saturated heterocycles. The second kappa shape index (κ2) is 7.80. The lowest BCUT2D eigenvalue weighted by Gasteiger charge is -2.10. The molecule has 0 atom stereocenters. The highest BCUT2D eigenvalue weighted by Gasteiger charge is 2.03. The van der Waals surface area contributed by atoms with Crippen molar-refractivity contribution in [2.45, 2.75) is 19.9 Å². The van der Waals surface area contributed by atoms with E-state index < -0.39 is 0 Å². The van der Waals surface area contributed by atoms with Crippen molar-refractivity contribution >= 4 is 23.2 Å². The Labute approximate surface area is 134 Å². The summed E-state index contributed by atoms with van der Waals surface area (Å²) >= 11 is 5.90. The lowest BCUT2D eigenvalue weighted by atomic mass is 10.2. The number of carbonyl (C=O) groups excluding carboxylic acids is 1. The van der Waals surface area contributed by atoms with Crippen molar-refractivity contribution in [3.8, 4) is 0 Å². The van der Waals surface area contributed by atoms with E-state index in [2.05, 4.69) is 10.6 Å². The summed E-state index contributed by atoms with van der Waals surface area (Å²) in [5, 5.41) is 6.71. The molecule has 0 fully saturated rings. The van der Waals surface area contributed by atoms with Crippen molar-refractivity contribution in [3.05, 3.63) is 64.4 Å². The standard InChI is InChI=1S/C17H18ClFN2O/c1-12-10-14(18)4-7-16(12)20-9-8-17(22)21-11-13-2-5-15(19)6-3-13/h2-7,10,20H,8-9,11H2,1H3,(H,21,22). The van der Waals surface area contributed by atoms with Gasteiger partial charge >= 0.3 is 0 Å². The van der Waals surface area contributed by atoms with Gasteiger partial charge in [0.15, 0.2) is 0 Å². The maximum Gasteiger partial charge on any atom is 0.222 e. The molecule has 0 aromatic heterocycles. The number of carbonyl (C=O) groups is 1. The number of anilines is 1. The summed E-state index contributed by atoms with van der Waals surface area (Å²) in [6, 6.07) is 11.7. The zero-order valence-electron chi connectivity index (χ0n) is 12.3. The molecule has 0 saturated carbocycles. The molecule has 0 aliphatic carbocycles. The first-order chi connectivity index (χ1) is 10.5. The molecular weight excluding hydrogens is 303 g/mol. The van der Waals surface area contributed by atoms with Gasteiger partial charge in [0.05, 0.1) is 0 Å². The van der Waals surface area contributed by atoms with Gasteiger partial charge in [-0.3, -0.25) is 4.79 Å². The predicted octanol–water partition coefficient (Wildman–Crippen LogP) is 3.91. The number of hydrogen-bond donors (Lipinski definition) is 2. The lowest BCUT2D eigenvalue weighted by molar-refractivity contribution is -0.121. The van der Waals surface area contributed by atoms with Gasteiger partial charge in [-0.15, -0.1) is 0 Å². The van der Waals surface area contributed by atoms with E-state index in [0.717, 1.165) is 16.8 Å². The average Bonchev–Trinajstić information content (AvgIpc) is 2.49. The normalized spacial score (nSPS) is 10.3. The van der Waals surface area contributed by atoms with E-state index in [1.165, 1.54) is 12.1 Å². The number of halogens is 2. The summed E-state index contributed by atoms with van der Waals surface area (Å²) in [5.74, 6) is -0.332. The lowest BCUT2D eigenvalue weighted by Crippen LogP contribution is -2.24. The molecule has 2 rings (SSSR count). The molecular formula is C17H18ClFN2O. The second-order valence-electron chi connectivity index (χ2n) is 5.04. The van der Waals surface area contributed by atoms with E-state index in [9.17, 15) is 9.18 Å². The Morgan fingerprint density at radius 3 is 2.59 bits per heavy atom. The highest BCUT2D eigenvalue weighted by atomic mass is 35.5. The van der Waals surface area contributed by atoms with Crippen LogP contribution in [0.5, 0.6) is 0 Å². The van der Waals surface area contributed by atoms with Crippen molar-refractivity contribution in [1.29, 1.82) is 0 Å². The van der Waals surface area contributed by atoms with Gasteiger partial charge in [-0.1, -0.05) is 23.7 Å². The number of amides is 1. The molecule has 5 heteroatoms. The number of aryl methyl sites for hydroxylation is 1. The zero-order chi connectivity index (χ0) is 15.9. The summed E-state index contributed by atoms with van der Waals surface area (Å²) in [4.78, 5) is 11.8. The molecule has 116 valence electrons. The quantitative estimate of drug-likeness (QED) is 0.847. The molecule has 2 aromatic carbocycles. The predicted molar refractivity (Wildman–Crippen MR) is 87.5 cm³/mol. The Hall–Kier alpha value is -2.07. The van der Waals surface area contributed by atoms with Crippen LogP contribution in [0.25, 0.3) is 0 Å². The van der Waals surface area contributed by atoms with Crippen LogP contribution in [0.15, 0.2) is 42.5 Å². The van der Waals surface area contributed by atoms with Crippen LogP contribution in [-0.4, -0.2) is 12.5 Å². The molecule has 2 aromatic rings. The minimum absolute atomic E-state index is 0.0524. The van der Waals surface area contributed by atoms with Gasteiger partial charge in [0.25, 0.3) is 0 Å². The van der Waals surface area contributed by atoms with Gasteiger partial charge in [-0.25, -0.2) is 4.39 Å². The molecule has 2 N–H and O–H groups in total. The molecule has 1 amide bonds. The van der Waals surface area contributed by atoms with Gasteiger partial charge in [-0.05, 0) is 48.4 Å². The third-order valence-electron chi connectivity index (χ3n) is 3.26. The Morgan fingerprint density at radius 1 is 1.18 bits per heavy atom. The van der Waals surface area contributed by atoms with Gasteiger partial charge in [0.1, 0.15) is 5.82 Å². The van der Waals surface area contributed by atoms with E-state index in [4.69, 9.17) is 11.6 Å². The first kappa shape index (κ1) is 16.3. The SMILES string of the molecule is Cc1cc(Cl)ccc1NCCC(=O)NCc1ccc(F)cc1. The summed E-state index contributed by atoms with van der Waals surface area (Å²) in [7, 11) is 0. The van der Waals surface area contributed by atoms with Crippen LogP contribution in [-0.2, 0) is 11.3 Å². The van der Waals surface area contributed by atoms with Gasteiger partial charge in [-0.2, -0.15) is 0 Å². The number of rotatable bonds is 6. The minimum atomic E-state index is -0.280. The first-order valence-electron chi connectivity index (χ1n) is 7.06. The molecule has 0 radical (unpaired) electrons. The van der Waals surface area contributed by atoms with Crippen LogP contribution < -0.4 is 10.6 Å². The topological polar surface area (TPSA) is 41.1 Å².